The van der Waals surface area contributed by atoms with Crippen molar-refractivity contribution in [2.45, 2.75) is 25.4 Å². The highest BCUT2D eigenvalue weighted by Gasteiger charge is 2.32. The number of aromatic nitrogens is 4. The van der Waals surface area contributed by atoms with Crippen LogP contribution in [0.3, 0.4) is 0 Å². The number of fused-ring (bicyclic) bond motifs is 1. The monoisotopic (exact) mass is 328 g/mol. The molecule has 24 heavy (non-hydrogen) atoms. The molecule has 0 radical (unpaired) electrons. The zero-order valence-electron chi connectivity index (χ0n) is 12.8. The molecule has 1 amide bonds. The van der Waals surface area contributed by atoms with E-state index in [9.17, 15) is 9.59 Å². The molecule has 1 atom stereocenters. The van der Waals surface area contributed by atoms with Crippen LogP contribution in [-0.4, -0.2) is 38.7 Å². The normalized spacial score (nSPS) is 17.5. The van der Waals surface area contributed by atoms with E-state index in [4.69, 9.17) is 4.42 Å². The molecule has 0 bridgehead atoms. The molecular formula is C15H16N6O3. The second-order valence-electron chi connectivity index (χ2n) is 5.67. The van der Waals surface area contributed by atoms with E-state index < -0.39 is 0 Å². The molecule has 0 unspecified atom stereocenters. The van der Waals surface area contributed by atoms with E-state index in [-0.39, 0.29) is 17.5 Å². The van der Waals surface area contributed by atoms with Crippen LogP contribution in [0.15, 0.2) is 33.8 Å². The molecule has 124 valence electrons. The number of hydrogen-bond donors (Lipinski definition) is 3. The number of anilines is 1. The van der Waals surface area contributed by atoms with Crippen molar-refractivity contribution < 1.29 is 9.21 Å². The Kier molecular flexibility index (Phi) is 3.52. The van der Waals surface area contributed by atoms with Crippen LogP contribution in [0.1, 0.15) is 18.6 Å². The van der Waals surface area contributed by atoms with Crippen molar-refractivity contribution in [1.82, 2.24) is 25.5 Å². The highest BCUT2D eigenvalue weighted by atomic mass is 16.3. The zero-order valence-corrected chi connectivity index (χ0v) is 12.8. The fraction of sp³-hybridized carbons (Fsp3) is 0.333. The Hall–Kier alpha value is -3.10. The number of furan rings is 1. The van der Waals surface area contributed by atoms with Crippen LogP contribution in [0.4, 0.5) is 5.95 Å². The zero-order chi connectivity index (χ0) is 16.5. The molecule has 9 nitrogen and oxygen atoms in total. The molecule has 4 rings (SSSR count). The average Bonchev–Trinajstić information content (AvgIpc) is 3.31. The second-order valence-corrected chi connectivity index (χ2v) is 5.67. The van der Waals surface area contributed by atoms with Gasteiger partial charge in [0, 0.05) is 6.54 Å². The molecule has 0 saturated carbocycles. The SMILES string of the molecule is O=C(NCc1ccco1)[C@@H]1CCCN1c1nc2[nH]ncc2c(=O)[nH]1. The standard InChI is InChI=1S/C15H16N6O3/c22-13-10-8-17-20-12(10)18-15(19-13)21-5-1-4-11(21)14(23)16-7-9-3-2-6-24-9/h2-3,6,8,11H,1,4-5,7H2,(H,16,23)(H2,17,18,19,20,22)/t11-/m0/s1. The summed E-state index contributed by atoms with van der Waals surface area (Å²) in [7, 11) is 0. The molecule has 0 aromatic carbocycles. The van der Waals surface area contributed by atoms with E-state index in [0.29, 0.717) is 42.3 Å². The van der Waals surface area contributed by atoms with E-state index in [1.165, 1.54) is 6.20 Å². The number of nitrogens with one attached hydrogen (secondary N) is 3. The van der Waals surface area contributed by atoms with Gasteiger partial charge in [0.25, 0.3) is 5.56 Å². The van der Waals surface area contributed by atoms with Gasteiger partial charge >= 0.3 is 0 Å². The van der Waals surface area contributed by atoms with Crippen LogP contribution in [0, 0.1) is 0 Å². The van der Waals surface area contributed by atoms with Gasteiger partial charge in [0.1, 0.15) is 17.2 Å². The minimum absolute atomic E-state index is 0.115. The number of aromatic amines is 2. The summed E-state index contributed by atoms with van der Waals surface area (Å²) >= 11 is 0. The quantitative estimate of drug-likeness (QED) is 0.642. The number of hydrogen-bond acceptors (Lipinski definition) is 6. The second kappa shape index (κ2) is 5.84. The minimum atomic E-state index is -0.372. The molecule has 3 aromatic rings. The van der Waals surface area contributed by atoms with Gasteiger partial charge in [-0.25, -0.2) is 0 Å². The maximum atomic E-state index is 12.5. The predicted octanol–water partition coefficient (Wildman–Crippen LogP) is 0.524. The minimum Gasteiger partial charge on any atom is -0.467 e. The van der Waals surface area contributed by atoms with Crippen LogP contribution >= 0.6 is 0 Å². The van der Waals surface area contributed by atoms with E-state index >= 15 is 0 Å². The lowest BCUT2D eigenvalue weighted by atomic mass is 10.2. The lowest BCUT2D eigenvalue weighted by molar-refractivity contribution is -0.122. The Bertz CT molecular complexity index is 913. The number of carbonyl (C=O) groups excluding carboxylic acids is 1. The summed E-state index contributed by atoms with van der Waals surface area (Å²) in [6.07, 6.45) is 4.55. The Morgan fingerprint density at radius 1 is 1.50 bits per heavy atom. The number of rotatable bonds is 4. The average molecular weight is 328 g/mol. The van der Waals surface area contributed by atoms with Crippen molar-refractivity contribution in [2.75, 3.05) is 11.4 Å². The van der Waals surface area contributed by atoms with Crippen molar-refractivity contribution >= 4 is 22.9 Å². The first-order valence-corrected chi connectivity index (χ1v) is 7.72. The first-order chi connectivity index (χ1) is 11.7. The maximum Gasteiger partial charge on any atom is 0.263 e. The van der Waals surface area contributed by atoms with E-state index in [1.54, 1.807) is 18.4 Å². The molecule has 4 heterocycles. The third kappa shape index (κ3) is 2.53. The van der Waals surface area contributed by atoms with Crippen LogP contribution < -0.4 is 15.8 Å². The molecule has 1 aliphatic rings. The molecule has 1 aliphatic heterocycles. The topological polar surface area (TPSA) is 120 Å². The third-order valence-electron chi connectivity index (χ3n) is 4.15. The van der Waals surface area contributed by atoms with Gasteiger partial charge in [0.05, 0.1) is 19.0 Å². The summed E-state index contributed by atoms with van der Waals surface area (Å²) in [6.45, 7) is 0.987. The Balaban J connectivity index is 1.55. The Morgan fingerprint density at radius 2 is 2.42 bits per heavy atom. The maximum absolute atomic E-state index is 12.5. The molecule has 0 aliphatic carbocycles. The number of nitrogens with zero attached hydrogens (tertiary/aromatic N) is 3. The molecule has 1 fully saturated rings. The summed E-state index contributed by atoms with van der Waals surface area (Å²) in [5.41, 5.74) is 0.140. The summed E-state index contributed by atoms with van der Waals surface area (Å²) in [4.78, 5) is 33.5. The van der Waals surface area contributed by atoms with Crippen molar-refractivity contribution in [3.63, 3.8) is 0 Å². The first kappa shape index (κ1) is 14.5. The van der Waals surface area contributed by atoms with Gasteiger partial charge in [-0.05, 0) is 25.0 Å². The van der Waals surface area contributed by atoms with Gasteiger partial charge in [-0.3, -0.25) is 19.7 Å². The molecule has 0 spiro atoms. The molecular weight excluding hydrogens is 312 g/mol. The van der Waals surface area contributed by atoms with Gasteiger partial charge in [0.2, 0.25) is 11.9 Å². The van der Waals surface area contributed by atoms with Gasteiger partial charge in [-0.1, -0.05) is 0 Å². The highest BCUT2D eigenvalue weighted by Crippen LogP contribution is 2.22. The lowest BCUT2D eigenvalue weighted by Crippen LogP contribution is -2.44. The number of H-pyrrole nitrogens is 2. The van der Waals surface area contributed by atoms with Crippen molar-refractivity contribution in [3.8, 4) is 0 Å². The van der Waals surface area contributed by atoms with Gasteiger partial charge < -0.3 is 14.6 Å². The number of amides is 1. The summed E-state index contributed by atoms with van der Waals surface area (Å²) in [5.74, 6) is 0.960. The molecule has 3 aromatic heterocycles. The summed E-state index contributed by atoms with van der Waals surface area (Å²) in [6, 6.07) is 3.21. The third-order valence-corrected chi connectivity index (χ3v) is 4.15. The van der Waals surface area contributed by atoms with Crippen LogP contribution in [0.25, 0.3) is 11.0 Å². The van der Waals surface area contributed by atoms with Crippen molar-refractivity contribution in [3.05, 3.63) is 40.7 Å². The fourth-order valence-electron chi connectivity index (χ4n) is 2.97. The molecule has 1 saturated heterocycles. The Morgan fingerprint density at radius 3 is 3.25 bits per heavy atom. The lowest BCUT2D eigenvalue weighted by Gasteiger charge is -2.24. The molecule has 3 N–H and O–H groups in total. The Labute approximate surface area is 136 Å². The number of carbonyl (C=O) groups is 1. The van der Waals surface area contributed by atoms with E-state index in [2.05, 4.69) is 25.5 Å². The van der Waals surface area contributed by atoms with E-state index in [0.717, 1.165) is 6.42 Å². The first-order valence-electron chi connectivity index (χ1n) is 7.72. The van der Waals surface area contributed by atoms with Crippen molar-refractivity contribution in [1.29, 1.82) is 0 Å². The van der Waals surface area contributed by atoms with Crippen LogP contribution in [0.2, 0.25) is 0 Å². The summed E-state index contributed by atoms with van der Waals surface area (Å²) in [5, 5.41) is 9.78. The fourth-order valence-corrected chi connectivity index (χ4v) is 2.97. The van der Waals surface area contributed by atoms with Gasteiger partial charge in [0.15, 0.2) is 5.65 Å². The smallest absolute Gasteiger partial charge is 0.263 e. The van der Waals surface area contributed by atoms with Gasteiger partial charge in [-0.15, -0.1) is 0 Å². The predicted molar refractivity (Wildman–Crippen MR) is 85.4 cm³/mol. The van der Waals surface area contributed by atoms with E-state index in [1.807, 2.05) is 4.90 Å². The molecule has 9 heteroatoms. The van der Waals surface area contributed by atoms with Crippen LogP contribution in [-0.2, 0) is 11.3 Å². The largest absolute Gasteiger partial charge is 0.467 e. The van der Waals surface area contributed by atoms with Gasteiger partial charge in [-0.2, -0.15) is 10.1 Å². The summed E-state index contributed by atoms with van der Waals surface area (Å²) < 4.78 is 5.21. The van der Waals surface area contributed by atoms with Crippen LogP contribution in [0.5, 0.6) is 0 Å². The highest BCUT2D eigenvalue weighted by molar-refractivity contribution is 5.85. The van der Waals surface area contributed by atoms with Crippen molar-refractivity contribution in [2.24, 2.45) is 0 Å².